The topological polar surface area (TPSA) is 69.0 Å². The fraction of sp³-hybridized carbons (Fsp3) is 0.214. The molecule has 0 aliphatic carbocycles. The minimum absolute atomic E-state index is 0.121. The molecule has 3 rings (SSSR count). The van der Waals surface area contributed by atoms with E-state index in [1.807, 2.05) is 41.3 Å². The number of para-hydroxylation sites is 1. The molecule has 2 heterocycles. The third-order valence-electron chi connectivity index (χ3n) is 3.30. The maximum Gasteiger partial charge on any atom is 0.134 e. The van der Waals surface area contributed by atoms with Gasteiger partial charge in [-0.25, -0.2) is 5.43 Å². The number of hydrazine groups is 1. The van der Waals surface area contributed by atoms with Crippen LogP contribution in [0.15, 0.2) is 47.3 Å². The first-order valence-electron chi connectivity index (χ1n) is 6.28. The van der Waals surface area contributed by atoms with Crippen molar-refractivity contribution in [2.75, 3.05) is 0 Å². The summed E-state index contributed by atoms with van der Waals surface area (Å²) < 4.78 is 7.44. The predicted molar refractivity (Wildman–Crippen MR) is 73.3 cm³/mol. The van der Waals surface area contributed by atoms with Crippen molar-refractivity contribution in [2.45, 2.75) is 19.5 Å². The SMILES string of the molecule is CCn1cc(C(NN)c2coc3ccccc23)cn1. The van der Waals surface area contributed by atoms with E-state index in [9.17, 15) is 0 Å². The standard InChI is InChI=1S/C14H16N4O/c1-2-18-8-10(7-16-18)14(17-15)12-9-19-13-6-4-3-5-11(12)13/h3-9,14,17H,2,15H2,1H3. The van der Waals surface area contributed by atoms with Crippen LogP contribution in [-0.4, -0.2) is 9.78 Å². The maximum atomic E-state index is 5.71. The van der Waals surface area contributed by atoms with E-state index in [-0.39, 0.29) is 6.04 Å². The van der Waals surface area contributed by atoms with Gasteiger partial charge in [0.05, 0.1) is 18.5 Å². The molecule has 2 aromatic heterocycles. The summed E-state index contributed by atoms with van der Waals surface area (Å²) in [6.45, 7) is 2.89. The average molecular weight is 256 g/mol. The zero-order valence-corrected chi connectivity index (χ0v) is 10.7. The number of aryl methyl sites for hydroxylation is 1. The Hall–Kier alpha value is -2.11. The number of hydrogen-bond donors (Lipinski definition) is 2. The molecular formula is C14H16N4O. The Morgan fingerprint density at radius 1 is 1.42 bits per heavy atom. The van der Waals surface area contributed by atoms with E-state index in [4.69, 9.17) is 10.3 Å². The second-order valence-electron chi connectivity index (χ2n) is 4.42. The van der Waals surface area contributed by atoms with Crippen LogP contribution in [0.5, 0.6) is 0 Å². The summed E-state index contributed by atoms with van der Waals surface area (Å²) in [5.41, 5.74) is 5.74. The van der Waals surface area contributed by atoms with Gasteiger partial charge in [-0.3, -0.25) is 10.5 Å². The maximum absolute atomic E-state index is 5.71. The lowest BCUT2D eigenvalue weighted by atomic mass is 10.0. The zero-order valence-electron chi connectivity index (χ0n) is 10.7. The smallest absolute Gasteiger partial charge is 0.134 e. The van der Waals surface area contributed by atoms with Gasteiger partial charge in [-0.15, -0.1) is 0 Å². The minimum atomic E-state index is -0.121. The third kappa shape index (κ3) is 2.03. The lowest BCUT2D eigenvalue weighted by Crippen LogP contribution is -2.28. The molecule has 0 saturated heterocycles. The van der Waals surface area contributed by atoms with Gasteiger partial charge in [0.15, 0.2) is 0 Å². The van der Waals surface area contributed by atoms with E-state index in [0.717, 1.165) is 28.6 Å². The molecule has 5 nitrogen and oxygen atoms in total. The molecule has 1 atom stereocenters. The number of aromatic nitrogens is 2. The number of furan rings is 1. The van der Waals surface area contributed by atoms with Gasteiger partial charge in [-0.1, -0.05) is 18.2 Å². The summed E-state index contributed by atoms with van der Waals surface area (Å²) >= 11 is 0. The fourth-order valence-electron chi connectivity index (χ4n) is 2.29. The number of rotatable bonds is 4. The number of nitrogens with one attached hydrogen (secondary N) is 1. The van der Waals surface area contributed by atoms with E-state index in [2.05, 4.69) is 17.4 Å². The Morgan fingerprint density at radius 3 is 3.00 bits per heavy atom. The summed E-state index contributed by atoms with van der Waals surface area (Å²) in [6, 6.07) is 7.80. The first-order chi connectivity index (χ1) is 9.33. The Balaban J connectivity index is 2.06. The zero-order chi connectivity index (χ0) is 13.2. The predicted octanol–water partition coefficient (Wildman–Crippen LogP) is 2.20. The highest BCUT2D eigenvalue weighted by atomic mass is 16.3. The highest BCUT2D eigenvalue weighted by molar-refractivity contribution is 5.81. The molecule has 3 N–H and O–H groups in total. The van der Waals surface area contributed by atoms with Crippen molar-refractivity contribution in [3.05, 3.63) is 54.0 Å². The average Bonchev–Trinajstić information content (AvgIpc) is 3.07. The van der Waals surface area contributed by atoms with Gasteiger partial charge >= 0.3 is 0 Å². The number of fused-ring (bicyclic) bond motifs is 1. The normalized spacial score (nSPS) is 12.9. The largest absolute Gasteiger partial charge is 0.464 e. The van der Waals surface area contributed by atoms with E-state index >= 15 is 0 Å². The van der Waals surface area contributed by atoms with Crippen LogP contribution in [0.3, 0.4) is 0 Å². The molecule has 19 heavy (non-hydrogen) atoms. The molecular weight excluding hydrogens is 240 g/mol. The van der Waals surface area contributed by atoms with Crippen molar-refractivity contribution in [3.63, 3.8) is 0 Å². The Bertz CT molecular complexity index is 685. The van der Waals surface area contributed by atoms with Gasteiger partial charge in [0, 0.05) is 29.3 Å². The van der Waals surface area contributed by atoms with Gasteiger partial charge in [0.1, 0.15) is 5.58 Å². The molecule has 0 aliphatic rings. The van der Waals surface area contributed by atoms with Crippen molar-refractivity contribution in [3.8, 4) is 0 Å². The lowest BCUT2D eigenvalue weighted by molar-refractivity contribution is 0.585. The number of nitrogens with zero attached hydrogens (tertiary/aromatic N) is 2. The molecule has 98 valence electrons. The summed E-state index contributed by atoms with van der Waals surface area (Å²) in [7, 11) is 0. The first-order valence-corrected chi connectivity index (χ1v) is 6.28. The van der Waals surface area contributed by atoms with Crippen LogP contribution in [-0.2, 0) is 6.54 Å². The highest BCUT2D eigenvalue weighted by Gasteiger charge is 2.19. The molecule has 1 aromatic carbocycles. The van der Waals surface area contributed by atoms with Crippen LogP contribution in [0.2, 0.25) is 0 Å². The van der Waals surface area contributed by atoms with Gasteiger partial charge in [0.25, 0.3) is 0 Å². The van der Waals surface area contributed by atoms with Gasteiger partial charge < -0.3 is 4.42 Å². The fourth-order valence-corrected chi connectivity index (χ4v) is 2.29. The molecule has 0 fully saturated rings. The molecule has 1 unspecified atom stereocenters. The second-order valence-corrected chi connectivity index (χ2v) is 4.42. The molecule has 3 aromatic rings. The van der Waals surface area contributed by atoms with Crippen LogP contribution in [0.1, 0.15) is 24.1 Å². The summed E-state index contributed by atoms with van der Waals surface area (Å²) in [4.78, 5) is 0. The Labute approximate surface area is 111 Å². The summed E-state index contributed by atoms with van der Waals surface area (Å²) in [6.07, 6.45) is 5.57. The summed E-state index contributed by atoms with van der Waals surface area (Å²) in [5, 5.41) is 5.35. The van der Waals surface area contributed by atoms with E-state index in [1.165, 1.54) is 0 Å². The van der Waals surface area contributed by atoms with Crippen LogP contribution in [0.4, 0.5) is 0 Å². The lowest BCUT2D eigenvalue weighted by Gasteiger charge is -2.12. The minimum Gasteiger partial charge on any atom is -0.464 e. The molecule has 0 aliphatic heterocycles. The van der Waals surface area contributed by atoms with Crippen molar-refractivity contribution < 1.29 is 4.42 Å². The van der Waals surface area contributed by atoms with E-state index in [0.29, 0.717) is 0 Å². The summed E-state index contributed by atoms with van der Waals surface area (Å²) in [5.74, 6) is 5.71. The van der Waals surface area contributed by atoms with Gasteiger partial charge in [-0.2, -0.15) is 5.10 Å². The van der Waals surface area contributed by atoms with Crippen LogP contribution < -0.4 is 11.3 Å². The number of nitrogens with two attached hydrogens (primary N) is 1. The van der Waals surface area contributed by atoms with Crippen LogP contribution in [0, 0.1) is 0 Å². The van der Waals surface area contributed by atoms with Crippen LogP contribution >= 0.6 is 0 Å². The monoisotopic (exact) mass is 256 g/mol. The quantitative estimate of drug-likeness (QED) is 0.554. The molecule has 0 spiro atoms. The van der Waals surface area contributed by atoms with Gasteiger partial charge in [0.2, 0.25) is 0 Å². The van der Waals surface area contributed by atoms with Crippen molar-refractivity contribution in [2.24, 2.45) is 5.84 Å². The molecule has 0 saturated carbocycles. The first kappa shape index (κ1) is 12.0. The van der Waals surface area contributed by atoms with Gasteiger partial charge in [-0.05, 0) is 13.0 Å². The Kier molecular flexibility index (Phi) is 3.06. The molecule has 0 radical (unpaired) electrons. The van der Waals surface area contributed by atoms with Crippen molar-refractivity contribution in [1.82, 2.24) is 15.2 Å². The number of hydrogen-bond acceptors (Lipinski definition) is 4. The second kappa shape index (κ2) is 4.87. The molecule has 0 bridgehead atoms. The van der Waals surface area contributed by atoms with Crippen molar-refractivity contribution >= 4 is 11.0 Å². The van der Waals surface area contributed by atoms with Crippen LogP contribution in [0.25, 0.3) is 11.0 Å². The van der Waals surface area contributed by atoms with E-state index < -0.39 is 0 Å². The molecule has 0 amide bonds. The van der Waals surface area contributed by atoms with Crippen molar-refractivity contribution in [1.29, 1.82) is 0 Å². The third-order valence-corrected chi connectivity index (χ3v) is 3.30. The number of benzene rings is 1. The Morgan fingerprint density at radius 2 is 2.26 bits per heavy atom. The van der Waals surface area contributed by atoms with E-state index in [1.54, 1.807) is 6.26 Å². The highest BCUT2D eigenvalue weighted by Crippen LogP contribution is 2.29. The molecule has 5 heteroatoms.